The number of benzene rings is 1. The molecule has 2 amide bonds. The summed E-state index contributed by atoms with van der Waals surface area (Å²) in [4.78, 5) is 28.4. The molecule has 2 aliphatic rings. The maximum Gasteiger partial charge on any atom is 0.409 e. The molecule has 6 nitrogen and oxygen atoms in total. The summed E-state index contributed by atoms with van der Waals surface area (Å²) in [5, 5.41) is 4.40. The average molecular weight is 428 g/mol. The van der Waals surface area contributed by atoms with Gasteiger partial charge < -0.3 is 19.9 Å². The Kier molecular flexibility index (Phi) is 7.07. The van der Waals surface area contributed by atoms with Gasteiger partial charge in [0.05, 0.1) is 22.7 Å². The van der Waals surface area contributed by atoms with E-state index in [2.05, 4.69) is 5.32 Å². The minimum Gasteiger partial charge on any atom is -0.449 e. The van der Waals surface area contributed by atoms with Crippen LogP contribution in [0.15, 0.2) is 18.2 Å². The Bertz CT molecular complexity index is 721. The van der Waals surface area contributed by atoms with Crippen molar-refractivity contribution in [2.24, 2.45) is 5.92 Å². The molecule has 1 unspecified atom stereocenters. The van der Waals surface area contributed by atoms with Gasteiger partial charge in [0, 0.05) is 31.4 Å². The molecule has 1 aromatic carbocycles. The smallest absolute Gasteiger partial charge is 0.409 e. The predicted molar refractivity (Wildman–Crippen MR) is 111 cm³/mol. The Hall–Kier alpha value is -1.50. The fourth-order valence-corrected chi connectivity index (χ4v) is 3.88. The number of halogens is 2. The van der Waals surface area contributed by atoms with E-state index in [1.165, 1.54) is 0 Å². The van der Waals surface area contributed by atoms with Crippen LogP contribution in [0.2, 0.25) is 10.0 Å². The summed E-state index contributed by atoms with van der Waals surface area (Å²) in [6, 6.07) is 5.26. The normalized spacial score (nSPS) is 20.9. The first kappa shape index (κ1) is 21.2. The zero-order valence-electron chi connectivity index (χ0n) is 16.3. The van der Waals surface area contributed by atoms with Crippen molar-refractivity contribution in [2.75, 3.05) is 31.1 Å². The Morgan fingerprint density at radius 2 is 1.89 bits per heavy atom. The molecule has 28 heavy (non-hydrogen) atoms. The highest BCUT2D eigenvalue weighted by molar-refractivity contribution is 6.42. The van der Waals surface area contributed by atoms with Gasteiger partial charge in [-0.1, -0.05) is 37.0 Å². The van der Waals surface area contributed by atoms with Gasteiger partial charge in [0.1, 0.15) is 0 Å². The first-order valence-corrected chi connectivity index (χ1v) is 10.5. The average Bonchev–Trinajstić information content (AvgIpc) is 3.03. The topological polar surface area (TPSA) is 61.9 Å². The molecule has 2 saturated heterocycles. The molecule has 0 radical (unpaired) electrons. The highest BCUT2D eigenvalue weighted by atomic mass is 35.5. The van der Waals surface area contributed by atoms with Gasteiger partial charge >= 0.3 is 6.09 Å². The highest BCUT2D eigenvalue weighted by Gasteiger charge is 2.35. The Morgan fingerprint density at radius 1 is 1.18 bits per heavy atom. The molecule has 0 aliphatic carbocycles. The zero-order chi connectivity index (χ0) is 20.3. The molecule has 1 aromatic rings. The molecule has 2 heterocycles. The number of carbonyl (C=O) groups excluding carboxylic acids is 2. The number of hydrogen-bond donors (Lipinski definition) is 1. The number of piperidine rings is 1. The monoisotopic (exact) mass is 427 g/mol. The van der Waals surface area contributed by atoms with Crippen LogP contribution in [0.1, 0.15) is 33.1 Å². The van der Waals surface area contributed by atoms with Crippen molar-refractivity contribution in [3.05, 3.63) is 28.2 Å². The van der Waals surface area contributed by atoms with Crippen LogP contribution >= 0.6 is 23.2 Å². The van der Waals surface area contributed by atoms with Crippen LogP contribution < -0.4 is 10.2 Å². The Labute approximate surface area is 176 Å². The number of likely N-dealkylation sites (tertiary alicyclic amines) is 1. The van der Waals surface area contributed by atoms with Crippen LogP contribution in [0, 0.1) is 5.92 Å². The van der Waals surface area contributed by atoms with Crippen molar-refractivity contribution in [1.29, 1.82) is 0 Å². The predicted octanol–water partition coefficient (Wildman–Crippen LogP) is 3.95. The van der Waals surface area contributed by atoms with Crippen LogP contribution in [0.3, 0.4) is 0 Å². The van der Waals surface area contributed by atoms with Crippen LogP contribution in [0.25, 0.3) is 0 Å². The lowest BCUT2D eigenvalue weighted by Gasteiger charge is -2.33. The first-order valence-electron chi connectivity index (χ1n) is 9.79. The molecule has 0 saturated carbocycles. The second-order valence-corrected chi connectivity index (χ2v) is 8.64. The molecule has 154 valence electrons. The number of anilines is 1. The fourth-order valence-electron chi connectivity index (χ4n) is 3.59. The molecule has 3 rings (SSSR count). The molecule has 1 N–H and O–H groups in total. The van der Waals surface area contributed by atoms with Crippen molar-refractivity contribution in [1.82, 2.24) is 10.2 Å². The van der Waals surface area contributed by atoms with Crippen molar-refractivity contribution in [3.8, 4) is 0 Å². The minimum absolute atomic E-state index is 0.0529. The van der Waals surface area contributed by atoms with Gasteiger partial charge in [-0.3, -0.25) is 4.79 Å². The van der Waals surface area contributed by atoms with E-state index in [9.17, 15) is 9.59 Å². The van der Waals surface area contributed by atoms with Crippen molar-refractivity contribution in [2.45, 2.75) is 45.2 Å². The maximum atomic E-state index is 12.8. The van der Waals surface area contributed by atoms with Crippen LogP contribution in [-0.4, -0.2) is 55.2 Å². The summed E-state index contributed by atoms with van der Waals surface area (Å²) in [5.74, 6) is 0.382. The molecule has 0 spiro atoms. The van der Waals surface area contributed by atoms with E-state index >= 15 is 0 Å². The third-order valence-electron chi connectivity index (χ3n) is 5.15. The lowest BCUT2D eigenvalue weighted by atomic mass is 10.0. The SMILES string of the molecule is CC(C)COC(=O)N1CCC(NC2CCN(c3ccc(Cl)c(Cl)c3)C2=O)CC1. The number of hydrogen-bond acceptors (Lipinski definition) is 4. The molecule has 0 aromatic heterocycles. The van der Waals surface area contributed by atoms with Crippen molar-refractivity contribution >= 4 is 40.9 Å². The van der Waals surface area contributed by atoms with E-state index in [1.54, 1.807) is 21.9 Å². The standard InChI is InChI=1S/C20H27Cl2N3O3/c1-13(2)12-28-20(27)24-8-5-14(6-9-24)23-18-7-10-25(19(18)26)15-3-4-16(21)17(22)11-15/h3-4,11,13-14,18,23H,5-10,12H2,1-2H3. The molecular weight excluding hydrogens is 401 g/mol. The molecule has 2 fully saturated rings. The van der Waals surface area contributed by atoms with Gasteiger partial charge in [0.25, 0.3) is 0 Å². The molecular formula is C20H27Cl2N3O3. The maximum absolute atomic E-state index is 12.8. The summed E-state index contributed by atoms with van der Waals surface area (Å²) < 4.78 is 5.30. The van der Waals surface area contributed by atoms with E-state index < -0.39 is 0 Å². The van der Waals surface area contributed by atoms with Gasteiger partial charge in [-0.05, 0) is 43.4 Å². The second kappa shape index (κ2) is 9.33. The number of rotatable bonds is 5. The summed E-state index contributed by atoms with van der Waals surface area (Å²) in [7, 11) is 0. The highest BCUT2D eigenvalue weighted by Crippen LogP contribution is 2.30. The van der Waals surface area contributed by atoms with Crippen LogP contribution in [-0.2, 0) is 9.53 Å². The largest absolute Gasteiger partial charge is 0.449 e. The van der Waals surface area contributed by atoms with E-state index in [-0.39, 0.29) is 24.1 Å². The van der Waals surface area contributed by atoms with Gasteiger partial charge in [-0.25, -0.2) is 4.79 Å². The number of carbonyl (C=O) groups is 2. The molecule has 8 heteroatoms. The quantitative estimate of drug-likeness (QED) is 0.772. The van der Waals surface area contributed by atoms with Gasteiger partial charge in [0.2, 0.25) is 5.91 Å². The summed E-state index contributed by atoms with van der Waals surface area (Å²) in [6.07, 6.45) is 2.13. The van der Waals surface area contributed by atoms with Crippen LogP contribution in [0.5, 0.6) is 0 Å². The summed E-state index contributed by atoms with van der Waals surface area (Å²) in [6.45, 7) is 6.41. The summed E-state index contributed by atoms with van der Waals surface area (Å²) >= 11 is 12.0. The minimum atomic E-state index is -0.241. The Balaban J connectivity index is 1.48. The van der Waals surface area contributed by atoms with Gasteiger partial charge in [0.15, 0.2) is 0 Å². The van der Waals surface area contributed by atoms with E-state index in [4.69, 9.17) is 27.9 Å². The fraction of sp³-hybridized carbons (Fsp3) is 0.600. The van der Waals surface area contributed by atoms with E-state index in [1.807, 2.05) is 19.9 Å². The number of nitrogens with one attached hydrogen (secondary N) is 1. The van der Waals surface area contributed by atoms with Crippen molar-refractivity contribution in [3.63, 3.8) is 0 Å². The summed E-state index contributed by atoms with van der Waals surface area (Å²) in [5.41, 5.74) is 0.770. The van der Waals surface area contributed by atoms with Crippen molar-refractivity contribution < 1.29 is 14.3 Å². The number of amides is 2. The molecule has 1 atom stereocenters. The zero-order valence-corrected chi connectivity index (χ0v) is 17.8. The lowest BCUT2D eigenvalue weighted by molar-refractivity contribution is -0.119. The van der Waals surface area contributed by atoms with E-state index in [0.29, 0.717) is 42.2 Å². The third kappa shape index (κ3) is 5.10. The van der Waals surface area contributed by atoms with Gasteiger partial charge in [-0.15, -0.1) is 0 Å². The van der Waals surface area contributed by atoms with Crippen LogP contribution in [0.4, 0.5) is 10.5 Å². The second-order valence-electron chi connectivity index (χ2n) is 7.83. The molecule has 0 bridgehead atoms. The first-order chi connectivity index (χ1) is 13.3. The Morgan fingerprint density at radius 3 is 2.54 bits per heavy atom. The number of ether oxygens (including phenoxy) is 1. The third-order valence-corrected chi connectivity index (χ3v) is 5.89. The van der Waals surface area contributed by atoms with E-state index in [0.717, 1.165) is 24.9 Å². The lowest BCUT2D eigenvalue weighted by Crippen LogP contribution is -2.50. The molecule has 2 aliphatic heterocycles. The van der Waals surface area contributed by atoms with Gasteiger partial charge in [-0.2, -0.15) is 0 Å². The number of nitrogens with zero attached hydrogens (tertiary/aromatic N) is 2.